The summed E-state index contributed by atoms with van der Waals surface area (Å²) in [6.45, 7) is 8.91. The topological polar surface area (TPSA) is 110 Å². The second-order valence-electron chi connectivity index (χ2n) is 7.19. The number of nitrogens with one attached hydrogen (secondary N) is 1. The number of aromatic nitrogens is 2. The minimum absolute atomic E-state index is 0.0709. The smallest absolute Gasteiger partial charge is 0.408 e. The quantitative estimate of drug-likeness (QED) is 0.873. The summed E-state index contributed by atoms with van der Waals surface area (Å²) in [5.41, 5.74) is -0.928. The zero-order valence-electron chi connectivity index (χ0n) is 15.5. The van der Waals surface area contributed by atoms with Crippen molar-refractivity contribution in [2.24, 2.45) is 0 Å². The van der Waals surface area contributed by atoms with Gasteiger partial charge in [-0.3, -0.25) is 0 Å². The molecule has 1 N–H and O–H groups in total. The first-order valence-corrected chi connectivity index (χ1v) is 8.06. The van der Waals surface area contributed by atoms with Gasteiger partial charge in [0, 0.05) is 0 Å². The number of rotatable bonds is 5. The van der Waals surface area contributed by atoms with Crippen molar-refractivity contribution in [3.05, 3.63) is 41.5 Å². The van der Waals surface area contributed by atoms with Crippen molar-refractivity contribution in [2.45, 2.75) is 52.4 Å². The van der Waals surface area contributed by atoms with Crippen LogP contribution in [-0.2, 0) is 16.9 Å². The Morgan fingerprint density at radius 1 is 1.23 bits per heavy atom. The van der Waals surface area contributed by atoms with Crippen molar-refractivity contribution in [2.75, 3.05) is 0 Å². The van der Waals surface area contributed by atoms with Gasteiger partial charge in [0.15, 0.2) is 12.4 Å². The second-order valence-corrected chi connectivity index (χ2v) is 7.19. The Kier molecular flexibility index (Phi) is 5.50. The monoisotopic (exact) mass is 358 g/mol. The van der Waals surface area contributed by atoms with Gasteiger partial charge >= 0.3 is 6.09 Å². The number of alkyl carbamates (subject to hydrolysis) is 1. The number of hydrogen-bond donors (Lipinski definition) is 1. The van der Waals surface area contributed by atoms with Gasteiger partial charge in [-0.15, -0.1) is 0 Å². The fourth-order valence-electron chi connectivity index (χ4n) is 1.95. The molecule has 1 heterocycles. The van der Waals surface area contributed by atoms with Crippen LogP contribution in [0.1, 0.15) is 51.9 Å². The van der Waals surface area contributed by atoms with E-state index in [1.54, 1.807) is 58.9 Å². The molecule has 0 bridgehead atoms. The van der Waals surface area contributed by atoms with Gasteiger partial charge in [0.25, 0.3) is 5.89 Å². The van der Waals surface area contributed by atoms with Crippen LogP contribution in [0.5, 0.6) is 5.75 Å². The molecule has 0 atom stereocenters. The van der Waals surface area contributed by atoms with E-state index in [0.29, 0.717) is 17.1 Å². The fraction of sp³-hybridized carbons (Fsp3) is 0.444. The maximum absolute atomic E-state index is 12.0. The van der Waals surface area contributed by atoms with Crippen molar-refractivity contribution in [1.29, 1.82) is 5.26 Å². The molecule has 0 aliphatic rings. The highest BCUT2D eigenvalue weighted by Crippen LogP contribution is 2.19. The zero-order chi connectivity index (χ0) is 19.4. The third-order valence-corrected chi connectivity index (χ3v) is 3.19. The summed E-state index contributed by atoms with van der Waals surface area (Å²) in [6, 6.07) is 8.72. The fourth-order valence-corrected chi connectivity index (χ4v) is 1.95. The van der Waals surface area contributed by atoms with E-state index in [1.807, 2.05) is 6.07 Å². The molecule has 0 aliphatic heterocycles. The molecule has 8 heteroatoms. The van der Waals surface area contributed by atoms with Crippen LogP contribution < -0.4 is 10.1 Å². The van der Waals surface area contributed by atoms with E-state index in [-0.39, 0.29) is 12.5 Å². The summed E-state index contributed by atoms with van der Waals surface area (Å²) < 4.78 is 16.0. The normalized spacial score (nSPS) is 11.5. The predicted octanol–water partition coefficient (Wildman–Crippen LogP) is 3.28. The Hall–Kier alpha value is -3.08. The van der Waals surface area contributed by atoms with Gasteiger partial charge in [0.05, 0.1) is 11.6 Å². The number of ether oxygens (including phenoxy) is 2. The lowest BCUT2D eigenvalue weighted by molar-refractivity contribution is 0.0465. The number of hydrogen-bond acceptors (Lipinski definition) is 7. The standard InChI is InChI=1S/C18H22N4O4/c1-17(2,3)25-16(23)21-18(4,5)15-20-14(26-22-15)11-24-13-8-6-12(10-19)7-9-13/h6-9H,11H2,1-5H3,(H,21,23). The second kappa shape index (κ2) is 7.44. The van der Waals surface area contributed by atoms with Gasteiger partial charge < -0.3 is 19.3 Å². The molecule has 2 aromatic rings. The molecule has 138 valence electrons. The van der Waals surface area contributed by atoms with E-state index >= 15 is 0 Å². The van der Waals surface area contributed by atoms with Crippen LogP contribution in [-0.4, -0.2) is 21.8 Å². The molecule has 2 rings (SSSR count). The molecule has 1 amide bonds. The van der Waals surface area contributed by atoms with Gasteiger partial charge in [-0.1, -0.05) is 5.16 Å². The van der Waals surface area contributed by atoms with Gasteiger partial charge in [-0.2, -0.15) is 10.2 Å². The van der Waals surface area contributed by atoms with Gasteiger partial charge in [0.2, 0.25) is 0 Å². The highest BCUT2D eigenvalue weighted by atomic mass is 16.6. The highest BCUT2D eigenvalue weighted by molar-refractivity contribution is 5.68. The SMILES string of the molecule is CC(C)(C)OC(=O)NC(C)(C)c1noc(COc2ccc(C#N)cc2)n1. The van der Waals surface area contributed by atoms with Crippen LogP contribution in [0.25, 0.3) is 0 Å². The van der Waals surface area contributed by atoms with Crippen LogP contribution >= 0.6 is 0 Å². The summed E-state index contributed by atoms with van der Waals surface area (Å²) in [4.78, 5) is 16.2. The van der Waals surface area contributed by atoms with E-state index in [2.05, 4.69) is 15.5 Å². The van der Waals surface area contributed by atoms with Crippen LogP contribution in [0.3, 0.4) is 0 Å². The average Bonchev–Trinajstić information content (AvgIpc) is 3.01. The zero-order valence-corrected chi connectivity index (χ0v) is 15.5. The molecular weight excluding hydrogens is 336 g/mol. The van der Waals surface area contributed by atoms with Gasteiger partial charge in [-0.25, -0.2) is 4.79 Å². The Bertz CT molecular complexity index is 798. The summed E-state index contributed by atoms with van der Waals surface area (Å²) in [5, 5.41) is 15.4. The van der Waals surface area contributed by atoms with Crippen LogP contribution in [0.15, 0.2) is 28.8 Å². The van der Waals surface area contributed by atoms with E-state index < -0.39 is 17.2 Å². The van der Waals surface area contributed by atoms with E-state index in [4.69, 9.17) is 19.3 Å². The highest BCUT2D eigenvalue weighted by Gasteiger charge is 2.31. The Morgan fingerprint density at radius 3 is 2.46 bits per heavy atom. The predicted molar refractivity (Wildman–Crippen MR) is 92.2 cm³/mol. The first-order chi connectivity index (χ1) is 12.1. The molecule has 0 saturated heterocycles. The molecule has 26 heavy (non-hydrogen) atoms. The lowest BCUT2D eigenvalue weighted by Crippen LogP contribution is -2.44. The summed E-state index contributed by atoms with van der Waals surface area (Å²) in [6.07, 6.45) is -0.567. The van der Waals surface area contributed by atoms with Crippen molar-refractivity contribution >= 4 is 6.09 Å². The summed E-state index contributed by atoms with van der Waals surface area (Å²) in [5.74, 6) is 1.15. The van der Waals surface area contributed by atoms with E-state index in [0.717, 1.165) is 0 Å². The Morgan fingerprint density at radius 2 is 1.88 bits per heavy atom. The van der Waals surface area contributed by atoms with Crippen LogP contribution in [0.4, 0.5) is 4.79 Å². The molecule has 0 unspecified atom stereocenters. The van der Waals surface area contributed by atoms with Gasteiger partial charge in [0.1, 0.15) is 16.9 Å². The largest absolute Gasteiger partial charge is 0.484 e. The van der Waals surface area contributed by atoms with Crippen molar-refractivity contribution in [1.82, 2.24) is 15.5 Å². The third-order valence-electron chi connectivity index (χ3n) is 3.19. The lowest BCUT2D eigenvalue weighted by atomic mass is 10.1. The lowest BCUT2D eigenvalue weighted by Gasteiger charge is -2.26. The number of amides is 1. The molecular formula is C18H22N4O4. The number of nitrogens with zero attached hydrogens (tertiary/aromatic N) is 3. The Labute approximate surface area is 152 Å². The van der Waals surface area contributed by atoms with Crippen LogP contribution in [0, 0.1) is 11.3 Å². The maximum Gasteiger partial charge on any atom is 0.408 e. The van der Waals surface area contributed by atoms with Crippen LogP contribution in [0.2, 0.25) is 0 Å². The number of carbonyl (C=O) groups excluding carboxylic acids is 1. The molecule has 0 saturated carbocycles. The molecule has 0 radical (unpaired) electrons. The number of nitriles is 1. The van der Waals surface area contributed by atoms with Crippen molar-refractivity contribution < 1.29 is 18.8 Å². The minimum Gasteiger partial charge on any atom is -0.484 e. The average molecular weight is 358 g/mol. The van der Waals surface area contributed by atoms with Crippen molar-refractivity contribution in [3.63, 3.8) is 0 Å². The van der Waals surface area contributed by atoms with E-state index in [1.165, 1.54) is 0 Å². The van der Waals surface area contributed by atoms with Crippen molar-refractivity contribution in [3.8, 4) is 11.8 Å². The molecule has 1 aromatic heterocycles. The molecule has 1 aromatic carbocycles. The summed E-state index contributed by atoms with van der Waals surface area (Å²) in [7, 11) is 0. The van der Waals surface area contributed by atoms with E-state index in [9.17, 15) is 4.79 Å². The first-order valence-electron chi connectivity index (χ1n) is 8.06. The van der Waals surface area contributed by atoms with Gasteiger partial charge in [-0.05, 0) is 58.9 Å². The molecule has 0 fully saturated rings. The summed E-state index contributed by atoms with van der Waals surface area (Å²) >= 11 is 0. The minimum atomic E-state index is -0.876. The molecule has 8 nitrogen and oxygen atoms in total. The maximum atomic E-state index is 12.0. The Balaban J connectivity index is 1.96. The number of carbonyl (C=O) groups is 1. The molecule has 0 aliphatic carbocycles. The number of benzene rings is 1. The third kappa shape index (κ3) is 5.48. The molecule has 0 spiro atoms. The first kappa shape index (κ1) is 19.2.